The van der Waals surface area contributed by atoms with E-state index in [0.29, 0.717) is 37.2 Å². The lowest BCUT2D eigenvalue weighted by Crippen LogP contribution is -2.49. The molecule has 2 heterocycles. The maximum absolute atomic E-state index is 13.4. The van der Waals surface area contributed by atoms with Crippen LogP contribution in [-0.4, -0.2) is 33.9 Å². The van der Waals surface area contributed by atoms with Crippen molar-refractivity contribution in [1.29, 1.82) is 5.26 Å². The van der Waals surface area contributed by atoms with Gasteiger partial charge in [-0.1, -0.05) is 37.3 Å². The fraction of sp³-hybridized carbons (Fsp3) is 0.280. The van der Waals surface area contributed by atoms with Crippen molar-refractivity contribution in [1.82, 2.24) is 14.9 Å². The van der Waals surface area contributed by atoms with Crippen molar-refractivity contribution in [3.05, 3.63) is 84.1 Å². The van der Waals surface area contributed by atoms with Crippen molar-refractivity contribution in [2.75, 3.05) is 13.1 Å². The summed E-state index contributed by atoms with van der Waals surface area (Å²) >= 11 is 0. The van der Waals surface area contributed by atoms with E-state index < -0.39 is 5.41 Å². The molecule has 0 radical (unpaired) electrons. The molecule has 1 fully saturated rings. The zero-order valence-electron chi connectivity index (χ0n) is 17.3. The summed E-state index contributed by atoms with van der Waals surface area (Å²) in [7, 11) is 0. The van der Waals surface area contributed by atoms with E-state index in [9.17, 15) is 14.4 Å². The summed E-state index contributed by atoms with van der Waals surface area (Å²) < 4.78 is 13.3. The van der Waals surface area contributed by atoms with Gasteiger partial charge in [0.2, 0.25) is 0 Å². The van der Waals surface area contributed by atoms with Crippen LogP contribution in [0.1, 0.15) is 29.3 Å². The highest BCUT2D eigenvalue weighted by molar-refractivity contribution is 6.00. The van der Waals surface area contributed by atoms with Gasteiger partial charge in [0, 0.05) is 30.4 Å². The predicted octanol–water partition coefficient (Wildman–Crippen LogP) is 4.52. The zero-order chi connectivity index (χ0) is 21.8. The summed E-state index contributed by atoms with van der Waals surface area (Å²) in [5, 5.41) is 10.0. The fourth-order valence-electron chi connectivity index (χ4n) is 4.31. The van der Waals surface area contributed by atoms with E-state index in [1.807, 2.05) is 36.1 Å². The average Bonchev–Trinajstić information content (AvgIpc) is 2.82. The molecular weight excluding hydrogens is 391 g/mol. The molecule has 31 heavy (non-hydrogen) atoms. The number of rotatable bonds is 4. The van der Waals surface area contributed by atoms with Gasteiger partial charge in [-0.3, -0.25) is 4.79 Å². The summed E-state index contributed by atoms with van der Waals surface area (Å²) in [4.78, 5) is 23.5. The smallest absolute Gasteiger partial charge is 0.254 e. The number of carbonyl (C=O) groups is 1. The number of carbonyl (C=O) groups excluding carboxylic acids is 1. The number of hydrogen-bond acceptors (Lipinski definition) is 4. The topological polar surface area (TPSA) is 69.9 Å². The van der Waals surface area contributed by atoms with Crippen LogP contribution in [-0.2, 0) is 6.42 Å². The van der Waals surface area contributed by atoms with Crippen LogP contribution in [0.3, 0.4) is 0 Å². The van der Waals surface area contributed by atoms with Gasteiger partial charge in [0.1, 0.15) is 12.1 Å². The minimum absolute atomic E-state index is 0.0218. The van der Waals surface area contributed by atoms with Crippen LogP contribution in [0, 0.1) is 28.5 Å². The normalized spacial score (nSPS) is 20.8. The number of aromatic nitrogens is 2. The molecule has 0 unspecified atom stereocenters. The molecule has 2 aromatic carbocycles. The Morgan fingerprint density at radius 2 is 2.00 bits per heavy atom. The molecule has 0 aliphatic carbocycles. The van der Waals surface area contributed by atoms with Gasteiger partial charge in [0.25, 0.3) is 5.91 Å². The van der Waals surface area contributed by atoms with Crippen LogP contribution in [0.4, 0.5) is 4.39 Å². The Balaban J connectivity index is 1.55. The molecule has 1 saturated heterocycles. The van der Waals surface area contributed by atoms with Crippen LogP contribution >= 0.6 is 0 Å². The molecule has 0 bridgehead atoms. The van der Waals surface area contributed by atoms with Crippen molar-refractivity contribution in [2.24, 2.45) is 11.3 Å². The first-order chi connectivity index (χ1) is 15.0. The molecule has 0 saturated carbocycles. The second-order valence-electron chi connectivity index (χ2n) is 8.11. The Morgan fingerprint density at radius 1 is 1.23 bits per heavy atom. The molecule has 2 atom stereocenters. The summed E-state index contributed by atoms with van der Waals surface area (Å²) in [6, 6.07) is 18.1. The largest absolute Gasteiger partial charge is 0.338 e. The van der Waals surface area contributed by atoms with E-state index in [-0.39, 0.29) is 17.6 Å². The first kappa shape index (κ1) is 20.7. The lowest BCUT2D eigenvalue weighted by Gasteiger charge is -2.42. The zero-order valence-corrected chi connectivity index (χ0v) is 17.3. The van der Waals surface area contributed by atoms with Crippen LogP contribution in [0.5, 0.6) is 0 Å². The summed E-state index contributed by atoms with van der Waals surface area (Å²) in [6.45, 7) is 3.00. The van der Waals surface area contributed by atoms with E-state index in [1.54, 1.807) is 24.4 Å². The number of nitrogens with zero attached hydrogens (tertiary/aromatic N) is 4. The fourth-order valence-corrected chi connectivity index (χ4v) is 4.31. The van der Waals surface area contributed by atoms with Crippen molar-refractivity contribution in [3.63, 3.8) is 0 Å². The Kier molecular flexibility index (Phi) is 5.77. The molecule has 4 rings (SSSR count). The molecule has 3 aromatic rings. The van der Waals surface area contributed by atoms with Gasteiger partial charge in [-0.15, -0.1) is 0 Å². The van der Waals surface area contributed by atoms with Gasteiger partial charge in [-0.25, -0.2) is 14.4 Å². The highest BCUT2D eigenvalue weighted by Gasteiger charge is 2.42. The van der Waals surface area contributed by atoms with E-state index in [0.717, 1.165) is 11.1 Å². The number of halogens is 1. The van der Waals surface area contributed by atoms with Crippen LogP contribution in [0.25, 0.3) is 11.3 Å². The Bertz CT molecular complexity index is 1110. The molecule has 0 spiro atoms. The molecule has 5 nitrogen and oxygen atoms in total. The van der Waals surface area contributed by atoms with Gasteiger partial charge in [0.05, 0.1) is 17.2 Å². The van der Waals surface area contributed by atoms with E-state index >= 15 is 0 Å². The number of hydrogen-bond donors (Lipinski definition) is 0. The standard InChI is InChI=1S/C25H23FN4O/c1-18-15-30(13-11-25(18,16-27)14-19-6-8-20(26)9-7-19)24(31)22-5-3-2-4-21(22)23-10-12-28-17-29-23/h2-10,12,17-18H,11,13-15H2,1H3/t18-,25+/m1/s1. The Labute approximate surface area is 181 Å². The first-order valence-corrected chi connectivity index (χ1v) is 10.3. The minimum atomic E-state index is -0.583. The van der Waals surface area contributed by atoms with E-state index in [4.69, 9.17) is 0 Å². The van der Waals surface area contributed by atoms with Crippen LogP contribution in [0.2, 0.25) is 0 Å². The Hall–Kier alpha value is -3.59. The van der Waals surface area contributed by atoms with Gasteiger partial charge in [0.15, 0.2) is 0 Å². The van der Waals surface area contributed by atoms with Gasteiger partial charge < -0.3 is 4.90 Å². The third-order valence-electron chi connectivity index (χ3n) is 6.22. The SMILES string of the molecule is C[C@@H]1CN(C(=O)c2ccccc2-c2ccncn2)CC[C@@]1(C#N)Cc1ccc(F)cc1. The molecule has 1 aromatic heterocycles. The molecular formula is C25H23FN4O. The van der Waals surface area contributed by atoms with Crippen LogP contribution in [0.15, 0.2) is 67.1 Å². The second kappa shape index (κ2) is 8.65. The summed E-state index contributed by atoms with van der Waals surface area (Å²) in [5.74, 6) is -0.369. The monoisotopic (exact) mass is 414 g/mol. The summed E-state index contributed by atoms with van der Waals surface area (Å²) in [5.41, 5.74) is 2.42. The number of amides is 1. The van der Waals surface area contributed by atoms with E-state index in [2.05, 4.69) is 16.0 Å². The van der Waals surface area contributed by atoms with Crippen LogP contribution < -0.4 is 0 Å². The summed E-state index contributed by atoms with van der Waals surface area (Å²) in [6.07, 6.45) is 4.24. The average molecular weight is 414 g/mol. The minimum Gasteiger partial charge on any atom is -0.338 e. The highest BCUT2D eigenvalue weighted by atomic mass is 19.1. The lowest BCUT2D eigenvalue weighted by atomic mass is 9.68. The number of piperidine rings is 1. The van der Waals surface area contributed by atoms with Gasteiger partial charge >= 0.3 is 0 Å². The third kappa shape index (κ3) is 4.17. The lowest BCUT2D eigenvalue weighted by molar-refractivity contribution is 0.0508. The van der Waals surface area contributed by atoms with Crippen molar-refractivity contribution in [2.45, 2.75) is 19.8 Å². The van der Waals surface area contributed by atoms with Gasteiger partial charge in [-0.05, 0) is 48.6 Å². The van der Waals surface area contributed by atoms with Gasteiger partial charge in [-0.2, -0.15) is 5.26 Å². The quantitative estimate of drug-likeness (QED) is 0.630. The first-order valence-electron chi connectivity index (χ1n) is 10.3. The maximum atomic E-state index is 13.4. The molecule has 1 amide bonds. The molecule has 6 heteroatoms. The van der Waals surface area contributed by atoms with Crippen molar-refractivity contribution >= 4 is 5.91 Å². The third-order valence-corrected chi connectivity index (χ3v) is 6.22. The maximum Gasteiger partial charge on any atom is 0.254 e. The highest BCUT2D eigenvalue weighted by Crippen LogP contribution is 2.40. The molecule has 0 N–H and O–H groups in total. The number of likely N-dealkylation sites (tertiary alicyclic amines) is 1. The van der Waals surface area contributed by atoms with Crippen molar-refractivity contribution < 1.29 is 9.18 Å². The number of nitriles is 1. The second-order valence-corrected chi connectivity index (χ2v) is 8.11. The molecule has 1 aliphatic rings. The Morgan fingerprint density at radius 3 is 2.68 bits per heavy atom. The molecule has 1 aliphatic heterocycles. The van der Waals surface area contributed by atoms with E-state index in [1.165, 1.54) is 18.5 Å². The predicted molar refractivity (Wildman–Crippen MR) is 115 cm³/mol. The molecule has 156 valence electrons. The van der Waals surface area contributed by atoms with Crippen molar-refractivity contribution in [3.8, 4) is 17.3 Å². The number of benzene rings is 2.